The van der Waals surface area contributed by atoms with Crippen molar-refractivity contribution in [1.29, 1.82) is 0 Å². The maximum absolute atomic E-state index is 11.3. The molecule has 120 valence electrons. The van der Waals surface area contributed by atoms with E-state index in [1.165, 1.54) is 64.2 Å². The summed E-state index contributed by atoms with van der Waals surface area (Å²) in [7, 11) is 0. The van der Waals surface area contributed by atoms with Crippen LogP contribution in [0.15, 0.2) is 12.2 Å². The van der Waals surface area contributed by atoms with Gasteiger partial charge in [-0.15, -0.1) is 0 Å². The fourth-order valence-electron chi connectivity index (χ4n) is 4.40. The van der Waals surface area contributed by atoms with E-state index in [0.29, 0.717) is 12.2 Å². The van der Waals surface area contributed by atoms with E-state index in [1.807, 2.05) is 0 Å². The highest BCUT2D eigenvalue weighted by molar-refractivity contribution is 5.86. The van der Waals surface area contributed by atoms with Crippen LogP contribution in [0.2, 0.25) is 0 Å². The summed E-state index contributed by atoms with van der Waals surface area (Å²) in [4.78, 5) is 11.3. The van der Waals surface area contributed by atoms with Crippen molar-refractivity contribution in [3.05, 3.63) is 12.2 Å². The summed E-state index contributed by atoms with van der Waals surface area (Å²) < 4.78 is 5.20. The highest BCUT2D eigenvalue weighted by atomic mass is 16.5. The van der Waals surface area contributed by atoms with Crippen LogP contribution in [0.1, 0.15) is 77.6 Å². The van der Waals surface area contributed by atoms with Gasteiger partial charge in [0.25, 0.3) is 0 Å². The quantitative estimate of drug-likeness (QED) is 0.346. The average Bonchev–Trinajstić information content (AvgIpc) is 3.15. The smallest absolute Gasteiger partial charge is 0.333 e. The minimum Gasteiger partial charge on any atom is -0.462 e. The molecule has 0 aromatic rings. The van der Waals surface area contributed by atoms with Crippen molar-refractivity contribution in [3.8, 4) is 0 Å². The van der Waals surface area contributed by atoms with Crippen LogP contribution in [0.3, 0.4) is 0 Å². The van der Waals surface area contributed by atoms with E-state index in [1.54, 1.807) is 6.92 Å². The zero-order valence-corrected chi connectivity index (χ0v) is 13.7. The summed E-state index contributed by atoms with van der Waals surface area (Å²) in [6, 6.07) is 0. The monoisotopic (exact) mass is 292 g/mol. The Bertz CT molecular complexity index is 319. The Morgan fingerprint density at radius 2 is 1.57 bits per heavy atom. The Kier molecular flexibility index (Phi) is 6.79. The van der Waals surface area contributed by atoms with E-state index < -0.39 is 0 Å². The second-order valence-electron chi connectivity index (χ2n) is 7.16. The number of rotatable bonds is 8. The van der Waals surface area contributed by atoms with Crippen LogP contribution in [-0.4, -0.2) is 12.6 Å². The van der Waals surface area contributed by atoms with Gasteiger partial charge in [-0.2, -0.15) is 0 Å². The Morgan fingerprint density at radius 1 is 1.05 bits per heavy atom. The average molecular weight is 292 g/mol. The largest absolute Gasteiger partial charge is 0.462 e. The molecule has 0 atom stereocenters. The summed E-state index contributed by atoms with van der Waals surface area (Å²) in [5, 5.41) is 0. The lowest BCUT2D eigenvalue weighted by atomic mass is 9.76. The van der Waals surface area contributed by atoms with E-state index in [2.05, 4.69) is 6.58 Å². The lowest BCUT2D eigenvalue weighted by molar-refractivity contribution is -0.139. The molecule has 2 nitrogen and oxygen atoms in total. The van der Waals surface area contributed by atoms with Gasteiger partial charge >= 0.3 is 5.97 Å². The van der Waals surface area contributed by atoms with Gasteiger partial charge in [-0.1, -0.05) is 57.9 Å². The number of carbonyl (C=O) groups excluding carboxylic acids is 1. The van der Waals surface area contributed by atoms with Crippen LogP contribution in [0.5, 0.6) is 0 Å². The minimum absolute atomic E-state index is 0.238. The van der Waals surface area contributed by atoms with Crippen molar-refractivity contribution < 1.29 is 9.53 Å². The van der Waals surface area contributed by atoms with Crippen molar-refractivity contribution in [2.45, 2.75) is 77.6 Å². The molecule has 0 bridgehead atoms. The number of unbranched alkanes of at least 4 members (excludes halogenated alkanes) is 1. The predicted octanol–water partition coefficient (Wildman–Crippen LogP) is 5.27. The van der Waals surface area contributed by atoms with Gasteiger partial charge in [0.15, 0.2) is 0 Å². The van der Waals surface area contributed by atoms with Crippen molar-refractivity contribution >= 4 is 5.97 Å². The molecule has 0 saturated heterocycles. The number of hydrogen-bond acceptors (Lipinski definition) is 2. The third-order valence-electron chi connectivity index (χ3n) is 5.52. The Balaban J connectivity index is 1.69. The van der Waals surface area contributed by atoms with Crippen LogP contribution >= 0.6 is 0 Å². The molecule has 0 amide bonds. The van der Waals surface area contributed by atoms with Gasteiger partial charge in [0.05, 0.1) is 6.61 Å². The molecular formula is C19H32O2. The van der Waals surface area contributed by atoms with Crippen LogP contribution in [-0.2, 0) is 9.53 Å². The highest BCUT2D eigenvalue weighted by Gasteiger charge is 2.32. The zero-order valence-electron chi connectivity index (χ0n) is 13.7. The number of carbonyl (C=O) groups is 1. The number of esters is 1. The standard InChI is InChI=1S/C19H32O2/c1-15(2)19(20)21-14-8-7-13-18(16-9-3-4-10-16)17-11-5-6-12-17/h16-18H,1,3-14H2,2H3. The lowest BCUT2D eigenvalue weighted by Gasteiger charge is -2.29. The van der Waals surface area contributed by atoms with Crippen LogP contribution in [0.25, 0.3) is 0 Å². The van der Waals surface area contributed by atoms with Gasteiger partial charge in [-0.05, 0) is 43.9 Å². The first-order valence-electron chi connectivity index (χ1n) is 9.01. The van der Waals surface area contributed by atoms with Crippen molar-refractivity contribution in [2.24, 2.45) is 17.8 Å². The van der Waals surface area contributed by atoms with E-state index in [4.69, 9.17) is 4.74 Å². The molecule has 0 radical (unpaired) electrons. The maximum Gasteiger partial charge on any atom is 0.333 e. The minimum atomic E-state index is -0.238. The highest BCUT2D eigenvalue weighted by Crippen LogP contribution is 2.43. The van der Waals surface area contributed by atoms with Crippen LogP contribution in [0, 0.1) is 17.8 Å². The van der Waals surface area contributed by atoms with Gasteiger partial charge in [0.2, 0.25) is 0 Å². The van der Waals surface area contributed by atoms with E-state index in [0.717, 1.165) is 24.2 Å². The molecule has 0 aromatic carbocycles. The lowest BCUT2D eigenvalue weighted by Crippen LogP contribution is -2.20. The number of hydrogen-bond donors (Lipinski definition) is 0. The second kappa shape index (κ2) is 8.60. The third kappa shape index (κ3) is 5.16. The van der Waals surface area contributed by atoms with Crippen molar-refractivity contribution in [3.63, 3.8) is 0 Å². The molecule has 0 heterocycles. The molecule has 2 aliphatic rings. The van der Waals surface area contributed by atoms with Crippen LogP contribution < -0.4 is 0 Å². The SMILES string of the molecule is C=C(C)C(=O)OCCCCC(C1CCCC1)C1CCCC1. The fraction of sp³-hybridized carbons (Fsp3) is 0.842. The molecule has 2 heteroatoms. The van der Waals surface area contributed by atoms with Gasteiger partial charge in [0, 0.05) is 5.57 Å². The molecule has 2 saturated carbocycles. The molecular weight excluding hydrogens is 260 g/mol. The maximum atomic E-state index is 11.3. The van der Waals surface area contributed by atoms with Gasteiger partial charge < -0.3 is 4.74 Å². The summed E-state index contributed by atoms with van der Waals surface area (Å²) in [6.07, 6.45) is 15.2. The molecule has 2 fully saturated rings. The first kappa shape index (κ1) is 16.6. The summed E-state index contributed by atoms with van der Waals surface area (Å²) in [5.74, 6) is 2.70. The first-order chi connectivity index (χ1) is 10.2. The van der Waals surface area contributed by atoms with Gasteiger partial charge in [-0.25, -0.2) is 4.79 Å². The summed E-state index contributed by atoms with van der Waals surface area (Å²) >= 11 is 0. The molecule has 0 unspecified atom stereocenters. The molecule has 21 heavy (non-hydrogen) atoms. The van der Waals surface area contributed by atoms with Crippen LogP contribution in [0.4, 0.5) is 0 Å². The van der Waals surface area contributed by atoms with Gasteiger partial charge in [0.1, 0.15) is 0 Å². The summed E-state index contributed by atoms with van der Waals surface area (Å²) in [6.45, 7) is 5.88. The van der Waals surface area contributed by atoms with Crippen molar-refractivity contribution in [1.82, 2.24) is 0 Å². The Morgan fingerprint density at radius 3 is 2.05 bits per heavy atom. The predicted molar refractivity (Wildman–Crippen MR) is 87.0 cm³/mol. The zero-order chi connectivity index (χ0) is 15.1. The molecule has 0 aliphatic heterocycles. The molecule has 0 aromatic heterocycles. The van der Waals surface area contributed by atoms with Gasteiger partial charge in [-0.3, -0.25) is 0 Å². The molecule has 2 aliphatic carbocycles. The fourth-order valence-corrected chi connectivity index (χ4v) is 4.40. The normalized spacial score (nSPS) is 20.3. The third-order valence-corrected chi connectivity index (χ3v) is 5.52. The Labute approximate surface area is 130 Å². The molecule has 0 N–H and O–H groups in total. The van der Waals surface area contributed by atoms with E-state index in [9.17, 15) is 4.79 Å². The topological polar surface area (TPSA) is 26.3 Å². The van der Waals surface area contributed by atoms with E-state index >= 15 is 0 Å². The van der Waals surface area contributed by atoms with Crippen molar-refractivity contribution in [2.75, 3.05) is 6.61 Å². The Hall–Kier alpha value is -0.790. The second-order valence-corrected chi connectivity index (χ2v) is 7.16. The number of ether oxygens (including phenoxy) is 1. The summed E-state index contributed by atoms with van der Waals surface area (Å²) in [5.41, 5.74) is 0.504. The molecule has 0 spiro atoms. The first-order valence-corrected chi connectivity index (χ1v) is 9.01. The molecule has 2 rings (SSSR count). The van der Waals surface area contributed by atoms with E-state index in [-0.39, 0.29) is 5.97 Å².